The lowest BCUT2D eigenvalue weighted by atomic mass is 10.2. The minimum atomic E-state index is 0.710. The minimum absolute atomic E-state index is 0.710. The summed E-state index contributed by atoms with van der Waals surface area (Å²) in [6, 6.07) is 5.52. The fourth-order valence-corrected chi connectivity index (χ4v) is 3.17. The van der Waals surface area contributed by atoms with Gasteiger partial charge in [-0.05, 0) is 35.3 Å². The summed E-state index contributed by atoms with van der Waals surface area (Å²) in [5, 5.41) is 0.710. The third kappa shape index (κ3) is 3.34. The van der Waals surface area contributed by atoms with Crippen molar-refractivity contribution in [2.45, 2.75) is 23.4 Å². The number of hydrogen-bond acceptors (Lipinski definition) is 5. The molecule has 0 bridgehead atoms. The van der Waals surface area contributed by atoms with Gasteiger partial charge in [-0.15, -0.1) is 0 Å². The van der Waals surface area contributed by atoms with Crippen LogP contribution in [0.15, 0.2) is 22.5 Å². The fraction of sp³-hybridized carbons (Fsp3) is 0.273. The molecule has 0 unspecified atom stereocenters. The summed E-state index contributed by atoms with van der Waals surface area (Å²) in [6.45, 7) is 2.05. The molecule has 1 heterocycles. The fourth-order valence-electron chi connectivity index (χ4n) is 1.28. The first-order valence-corrected chi connectivity index (χ1v) is 7.32. The number of aromatic nitrogens is 2. The van der Waals surface area contributed by atoms with E-state index in [2.05, 4.69) is 9.36 Å². The second kappa shape index (κ2) is 5.71. The lowest BCUT2D eigenvalue weighted by molar-refractivity contribution is 0.971. The number of rotatable bonds is 4. The van der Waals surface area contributed by atoms with Gasteiger partial charge in [-0.2, -0.15) is 4.37 Å². The number of halogens is 1. The Kier molecular flexibility index (Phi) is 4.25. The van der Waals surface area contributed by atoms with Gasteiger partial charge in [-0.1, -0.05) is 30.3 Å². The Bertz CT molecular complexity index is 513. The van der Waals surface area contributed by atoms with E-state index in [9.17, 15) is 0 Å². The molecule has 90 valence electrons. The van der Waals surface area contributed by atoms with Crippen molar-refractivity contribution < 1.29 is 0 Å². The molecule has 1 aromatic carbocycles. The van der Waals surface area contributed by atoms with Crippen molar-refractivity contribution >= 4 is 40.6 Å². The molecule has 0 saturated heterocycles. The van der Waals surface area contributed by atoms with Crippen LogP contribution in [0.3, 0.4) is 0 Å². The Morgan fingerprint density at radius 1 is 1.47 bits per heavy atom. The Morgan fingerprint density at radius 2 is 2.29 bits per heavy atom. The molecule has 2 aromatic rings. The van der Waals surface area contributed by atoms with Crippen molar-refractivity contribution in [1.82, 2.24) is 9.36 Å². The van der Waals surface area contributed by atoms with Gasteiger partial charge in [0.15, 0.2) is 4.34 Å². The monoisotopic (exact) mass is 285 g/mol. The molecule has 0 aliphatic heterocycles. The predicted octanol–water partition coefficient (Wildman–Crippen LogP) is 3.63. The molecule has 0 amide bonds. The van der Waals surface area contributed by atoms with Gasteiger partial charge < -0.3 is 5.73 Å². The maximum absolute atomic E-state index is 5.93. The molecular formula is C11H12ClN3S2. The van der Waals surface area contributed by atoms with E-state index in [1.54, 1.807) is 17.8 Å². The molecule has 0 aliphatic carbocycles. The SMILES string of the molecule is CCc1nsc(SCc2cc(Cl)ccc2N)n1. The van der Waals surface area contributed by atoms with Crippen LogP contribution in [0.4, 0.5) is 5.69 Å². The third-order valence-corrected chi connectivity index (χ3v) is 4.38. The number of anilines is 1. The molecule has 0 radical (unpaired) electrons. The summed E-state index contributed by atoms with van der Waals surface area (Å²) >= 11 is 9.01. The highest BCUT2D eigenvalue weighted by Gasteiger charge is 2.06. The lowest BCUT2D eigenvalue weighted by Gasteiger charge is -2.04. The highest BCUT2D eigenvalue weighted by Crippen LogP contribution is 2.28. The molecule has 1 aromatic heterocycles. The van der Waals surface area contributed by atoms with E-state index in [1.807, 2.05) is 19.1 Å². The first-order valence-electron chi connectivity index (χ1n) is 5.18. The quantitative estimate of drug-likeness (QED) is 0.688. The van der Waals surface area contributed by atoms with Crippen molar-refractivity contribution in [2.75, 3.05) is 5.73 Å². The summed E-state index contributed by atoms with van der Waals surface area (Å²) < 4.78 is 5.21. The van der Waals surface area contributed by atoms with E-state index in [-0.39, 0.29) is 0 Å². The van der Waals surface area contributed by atoms with Crippen LogP contribution in [0.2, 0.25) is 5.02 Å². The van der Waals surface area contributed by atoms with Gasteiger partial charge in [-0.25, -0.2) is 4.98 Å². The maximum Gasteiger partial charge on any atom is 0.170 e. The van der Waals surface area contributed by atoms with Crippen LogP contribution in [0.1, 0.15) is 18.3 Å². The molecule has 0 spiro atoms. The van der Waals surface area contributed by atoms with Crippen LogP contribution in [0, 0.1) is 0 Å². The van der Waals surface area contributed by atoms with Crippen LogP contribution >= 0.6 is 34.9 Å². The summed E-state index contributed by atoms with van der Waals surface area (Å²) in [4.78, 5) is 4.39. The van der Waals surface area contributed by atoms with Gasteiger partial charge in [-0.3, -0.25) is 0 Å². The van der Waals surface area contributed by atoms with Crippen molar-refractivity contribution in [2.24, 2.45) is 0 Å². The number of aryl methyl sites for hydroxylation is 1. The standard InChI is InChI=1S/C11H12ClN3S2/c1-2-10-14-11(17-15-10)16-6-7-5-8(12)3-4-9(7)13/h3-5H,2,6,13H2,1H3. The van der Waals surface area contributed by atoms with Gasteiger partial charge in [0.05, 0.1) is 0 Å². The van der Waals surface area contributed by atoms with Gasteiger partial charge >= 0.3 is 0 Å². The third-order valence-electron chi connectivity index (χ3n) is 2.22. The molecule has 0 fully saturated rings. The summed E-state index contributed by atoms with van der Waals surface area (Å²) in [7, 11) is 0. The van der Waals surface area contributed by atoms with Crippen molar-refractivity contribution in [3.05, 3.63) is 34.6 Å². The normalized spacial score (nSPS) is 10.7. The number of nitrogen functional groups attached to an aromatic ring is 1. The van der Waals surface area contributed by atoms with E-state index in [0.717, 1.165) is 33.6 Å². The second-order valence-electron chi connectivity index (χ2n) is 3.46. The van der Waals surface area contributed by atoms with Crippen molar-refractivity contribution in [1.29, 1.82) is 0 Å². The number of hydrogen-bond donors (Lipinski definition) is 1. The molecule has 0 saturated carbocycles. The minimum Gasteiger partial charge on any atom is -0.398 e. The van der Waals surface area contributed by atoms with E-state index in [1.165, 1.54) is 11.5 Å². The molecular weight excluding hydrogens is 274 g/mol. The predicted molar refractivity (Wildman–Crippen MR) is 74.7 cm³/mol. The van der Waals surface area contributed by atoms with Gasteiger partial charge in [0, 0.05) is 22.9 Å². The molecule has 0 aliphatic rings. The van der Waals surface area contributed by atoms with Crippen LogP contribution in [0.25, 0.3) is 0 Å². The number of thioether (sulfide) groups is 1. The van der Waals surface area contributed by atoms with E-state index >= 15 is 0 Å². The van der Waals surface area contributed by atoms with Gasteiger partial charge in [0.2, 0.25) is 0 Å². The number of benzene rings is 1. The smallest absolute Gasteiger partial charge is 0.170 e. The molecule has 2 N–H and O–H groups in total. The van der Waals surface area contributed by atoms with Gasteiger partial charge in [0.25, 0.3) is 0 Å². The summed E-state index contributed by atoms with van der Waals surface area (Å²) in [5.41, 5.74) is 7.68. The molecule has 3 nitrogen and oxygen atoms in total. The van der Waals surface area contributed by atoms with E-state index < -0.39 is 0 Å². The number of nitrogens with two attached hydrogens (primary N) is 1. The molecule has 17 heavy (non-hydrogen) atoms. The topological polar surface area (TPSA) is 51.8 Å². The zero-order chi connectivity index (χ0) is 12.3. The first-order chi connectivity index (χ1) is 8.19. The zero-order valence-corrected chi connectivity index (χ0v) is 11.7. The van der Waals surface area contributed by atoms with E-state index in [0.29, 0.717) is 5.02 Å². The zero-order valence-electron chi connectivity index (χ0n) is 9.31. The Balaban J connectivity index is 2.04. The second-order valence-corrected chi connectivity index (χ2v) is 5.87. The van der Waals surface area contributed by atoms with E-state index in [4.69, 9.17) is 17.3 Å². The highest BCUT2D eigenvalue weighted by molar-refractivity contribution is 8.00. The number of nitrogens with zero attached hydrogens (tertiary/aromatic N) is 2. The maximum atomic E-state index is 5.93. The molecule has 0 atom stereocenters. The average molecular weight is 286 g/mol. The largest absolute Gasteiger partial charge is 0.398 e. The van der Waals surface area contributed by atoms with Crippen LogP contribution in [0.5, 0.6) is 0 Å². The van der Waals surface area contributed by atoms with Crippen LogP contribution in [-0.4, -0.2) is 9.36 Å². The molecule has 2 rings (SSSR count). The summed E-state index contributed by atoms with van der Waals surface area (Å²) in [5.74, 6) is 1.67. The lowest BCUT2D eigenvalue weighted by Crippen LogP contribution is -1.92. The van der Waals surface area contributed by atoms with Crippen molar-refractivity contribution in [3.63, 3.8) is 0 Å². The Morgan fingerprint density at radius 3 is 3.00 bits per heavy atom. The summed E-state index contributed by atoms with van der Waals surface area (Å²) in [6.07, 6.45) is 0.871. The van der Waals surface area contributed by atoms with Crippen molar-refractivity contribution in [3.8, 4) is 0 Å². The Labute approximate surface area is 114 Å². The highest BCUT2D eigenvalue weighted by atomic mass is 35.5. The average Bonchev–Trinajstić information content (AvgIpc) is 2.78. The Hall–Kier alpha value is -0.780. The molecule has 6 heteroatoms. The first kappa shape index (κ1) is 12.7. The van der Waals surface area contributed by atoms with Crippen LogP contribution in [-0.2, 0) is 12.2 Å². The van der Waals surface area contributed by atoms with Crippen LogP contribution < -0.4 is 5.73 Å². The van der Waals surface area contributed by atoms with Gasteiger partial charge in [0.1, 0.15) is 5.82 Å².